The number of benzene rings is 1. The van der Waals surface area contributed by atoms with Gasteiger partial charge in [0.15, 0.2) is 0 Å². The largest absolute Gasteiger partial charge is 0.496 e. The van der Waals surface area contributed by atoms with Gasteiger partial charge in [-0.05, 0) is 25.1 Å². The zero-order chi connectivity index (χ0) is 15.9. The highest BCUT2D eigenvalue weighted by atomic mass is 19.1. The van der Waals surface area contributed by atoms with Gasteiger partial charge in [0.25, 0.3) is 0 Å². The topological polar surface area (TPSA) is 68.2 Å². The molecule has 0 bridgehead atoms. The first-order valence-corrected chi connectivity index (χ1v) is 6.93. The van der Waals surface area contributed by atoms with Crippen molar-refractivity contribution in [3.05, 3.63) is 48.3 Å². The van der Waals surface area contributed by atoms with Gasteiger partial charge >= 0.3 is 6.03 Å². The van der Waals surface area contributed by atoms with Crippen LogP contribution in [0.15, 0.2) is 36.9 Å². The summed E-state index contributed by atoms with van der Waals surface area (Å²) >= 11 is 0. The molecular weight excluding hydrogens is 287 g/mol. The maximum Gasteiger partial charge on any atom is 0.315 e. The Morgan fingerprint density at radius 1 is 1.50 bits per heavy atom. The Balaban J connectivity index is 1.86. The molecule has 2 amide bonds. The van der Waals surface area contributed by atoms with Crippen LogP contribution in [0.3, 0.4) is 0 Å². The van der Waals surface area contributed by atoms with Crippen molar-refractivity contribution < 1.29 is 13.9 Å². The lowest BCUT2D eigenvalue weighted by molar-refractivity contribution is 0.237. The van der Waals surface area contributed by atoms with Crippen LogP contribution in [-0.2, 0) is 6.54 Å². The van der Waals surface area contributed by atoms with Crippen molar-refractivity contribution in [2.24, 2.45) is 0 Å². The fourth-order valence-corrected chi connectivity index (χ4v) is 2.09. The Morgan fingerprint density at radius 2 is 2.32 bits per heavy atom. The number of aromatic nitrogens is 2. The molecule has 1 aromatic carbocycles. The average molecular weight is 306 g/mol. The number of carbonyl (C=O) groups is 1. The molecule has 2 aromatic rings. The van der Waals surface area contributed by atoms with Gasteiger partial charge in [0.2, 0.25) is 0 Å². The van der Waals surface area contributed by atoms with Gasteiger partial charge in [-0.2, -0.15) is 0 Å². The minimum atomic E-state index is -0.376. The summed E-state index contributed by atoms with van der Waals surface area (Å²) in [4.78, 5) is 15.8. The molecule has 0 saturated carbocycles. The summed E-state index contributed by atoms with van der Waals surface area (Å²) in [7, 11) is 1.51. The number of urea groups is 1. The molecular formula is C15H19FN4O2. The number of halogens is 1. The molecule has 0 radical (unpaired) electrons. The second kappa shape index (κ2) is 7.44. The molecule has 1 heterocycles. The van der Waals surface area contributed by atoms with Crippen molar-refractivity contribution in [1.82, 2.24) is 20.2 Å². The summed E-state index contributed by atoms with van der Waals surface area (Å²) in [6.45, 7) is 2.87. The van der Waals surface area contributed by atoms with Gasteiger partial charge in [-0.25, -0.2) is 14.2 Å². The molecule has 0 saturated heterocycles. The Bertz CT molecular complexity index is 616. The van der Waals surface area contributed by atoms with Crippen LogP contribution in [0.2, 0.25) is 0 Å². The number of rotatable bonds is 6. The molecule has 2 N–H and O–H groups in total. The van der Waals surface area contributed by atoms with Gasteiger partial charge in [-0.1, -0.05) is 0 Å². The summed E-state index contributed by atoms with van der Waals surface area (Å²) in [6.07, 6.45) is 5.18. The van der Waals surface area contributed by atoms with Crippen molar-refractivity contribution in [1.29, 1.82) is 0 Å². The van der Waals surface area contributed by atoms with E-state index >= 15 is 0 Å². The fraction of sp³-hybridized carbons (Fsp3) is 0.333. The molecule has 22 heavy (non-hydrogen) atoms. The molecule has 0 aliphatic carbocycles. The zero-order valence-corrected chi connectivity index (χ0v) is 12.5. The second-order valence-corrected chi connectivity index (χ2v) is 4.81. The Kier molecular flexibility index (Phi) is 5.35. The number of nitrogens with zero attached hydrogens (tertiary/aromatic N) is 2. The predicted molar refractivity (Wildman–Crippen MR) is 80.1 cm³/mol. The van der Waals surface area contributed by atoms with Crippen molar-refractivity contribution in [2.45, 2.75) is 19.5 Å². The Labute approximate surface area is 128 Å². The van der Waals surface area contributed by atoms with Crippen LogP contribution in [0.5, 0.6) is 5.75 Å². The SMILES string of the molecule is COc1ccc(F)cc1[C@@H](C)NC(=O)NCCn1ccnc1. The quantitative estimate of drug-likeness (QED) is 0.858. The lowest BCUT2D eigenvalue weighted by Gasteiger charge is -2.18. The number of amides is 2. The number of methoxy groups -OCH3 is 1. The fourth-order valence-electron chi connectivity index (χ4n) is 2.09. The van der Waals surface area contributed by atoms with Crippen LogP contribution in [0.25, 0.3) is 0 Å². The van der Waals surface area contributed by atoms with E-state index in [2.05, 4.69) is 15.6 Å². The number of imidazole rings is 1. The highest BCUT2D eigenvalue weighted by Crippen LogP contribution is 2.25. The molecule has 1 aromatic heterocycles. The first kappa shape index (κ1) is 15.8. The Morgan fingerprint density at radius 3 is 3.00 bits per heavy atom. The van der Waals surface area contributed by atoms with E-state index < -0.39 is 0 Å². The van der Waals surface area contributed by atoms with E-state index in [1.54, 1.807) is 25.5 Å². The van der Waals surface area contributed by atoms with Crippen LogP contribution in [0.1, 0.15) is 18.5 Å². The van der Waals surface area contributed by atoms with Crippen molar-refractivity contribution in [3.8, 4) is 5.75 Å². The van der Waals surface area contributed by atoms with Gasteiger partial charge in [-0.3, -0.25) is 0 Å². The third-order valence-electron chi connectivity index (χ3n) is 3.22. The lowest BCUT2D eigenvalue weighted by Crippen LogP contribution is -2.38. The standard InChI is InChI=1S/C15H19FN4O2/c1-11(13-9-12(16)3-4-14(13)22-2)19-15(21)18-6-8-20-7-5-17-10-20/h3-5,7,9-11H,6,8H2,1-2H3,(H2,18,19,21)/t11-/m1/s1. The third kappa shape index (κ3) is 4.21. The molecule has 0 fully saturated rings. The summed E-state index contributed by atoms with van der Waals surface area (Å²) in [6, 6.07) is 3.52. The molecule has 0 unspecified atom stereocenters. The molecule has 0 aliphatic rings. The number of ether oxygens (including phenoxy) is 1. The van der Waals surface area contributed by atoms with Crippen LogP contribution in [0.4, 0.5) is 9.18 Å². The number of hydrogen-bond donors (Lipinski definition) is 2. The van der Waals surface area contributed by atoms with E-state index in [0.29, 0.717) is 24.4 Å². The minimum Gasteiger partial charge on any atom is -0.496 e. The maximum absolute atomic E-state index is 13.3. The van der Waals surface area contributed by atoms with Gasteiger partial charge < -0.3 is 19.9 Å². The minimum absolute atomic E-state index is 0.320. The molecule has 7 heteroatoms. The van der Waals surface area contributed by atoms with Crippen LogP contribution >= 0.6 is 0 Å². The predicted octanol–water partition coefficient (Wildman–Crippen LogP) is 2.09. The van der Waals surface area contributed by atoms with Gasteiger partial charge in [0.05, 0.1) is 19.5 Å². The van der Waals surface area contributed by atoms with E-state index in [-0.39, 0.29) is 17.9 Å². The first-order valence-electron chi connectivity index (χ1n) is 6.93. The van der Waals surface area contributed by atoms with Crippen molar-refractivity contribution >= 4 is 6.03 Å². The molecule has 6 nitrogen and oxygen atoms in total. The third-order valence-corrected chi connectivity index (χ3v) is 3.22. The Hall–Kier alpha value is -2.57. The highest BCUT2D eigenvalue weighted by Gasteiger charge is 2.14. The van der Waals surface area contributed by atoms with Crippen LogP contribution < -0.4 is 15.4 Å². The van der Waals surface area contributed by atoms with Crippen LogP contribution in [0, 0.1) is 5.82 Å². The van der Waals surface area contributed by atoms with E-state index in [0.717, 1.165) is 0 Å². The first-order chi connectivity index (χ1) is 10.6. The summed E-state index contributed by atoms with van der Waals surface area (Å²) in [5.74, 6) is 0.164. The average Bonchev–Trinajstić information content (AvgIpc) is 3.00. The normalized spacial score (nSPS) is 11.8. The molecule has 0 spiro atoms. The van der Waals surface area contributed by atoms with Crippen molar-refractivity contribution in [3.63, 3.8) is 0 Å². The number of carbonyl (C=O) groups excluding carboxylic acids is 1. The zero-order valence-electron chi connectivity index (χ0n) is 12.5. The molecule has 0 aliphatic heterocycles. The molecule has 118 valence electrons. The highest BCUT2D eigenvalue weighted by molar-refractivity contribution is 5.74. The van der Waals surface area contributed by atoms with Gasteiger partial charge in [0.1, 0.15) is 11.6 Å². The summed E-state index contributed by atoms with van der Waals surface area (Å²) in [5, 5.41) is 5.50. The summed E-state index contributed by atoms with van der Waals surface area (Å²) < 4.78 is 20.4. The smallest absolute Gasteiger partial charge is 0.315 e. The van der Waals surface area contributed by atoms with Gasteiger partial charge in [-0.15, -0.1) is 0 Å². The maximum atomic E-state index is 13.3. The molecule has 2 rings (SSSR count). The monoisotopic (exact) mass is 306 g/mol. The second-order valence-electron chi connectivity index (χ2n) is 4.81. The van der Waals surface area contributed by atoms with E-state index in [9.17, 15) is 9.18 Å². The summed E-state index contributed by atoms with van der Waals surface area (Å²) in [5.41, 5.74) is 0.590. The van der Waals surface area contributed by atoms with E-state index in [1.165, 1.54) is 19.2 Å². The van der Waals surface area contributed by atoms with E-state index in [1.807, 2.05) is 10.8 Å². The van der Waals surface area contributed by atoms with Crippen LogP contribution in [-0.4, -0.2) is 29.2 Å². The van der Waals surface area contributed by atoms with Crippen molar-refractivity contribution in [2.75, 3.05) is 13.7 Å². The number of nitrogens with one attached hydrogen (secondary N) is 2. The number of hydrogen-bond acceptors (Lipinski definition) is 3. The molecule has 1 atom stereocenters. The van der Waals surface area contributed by atoms with E-state index in [4.69, 9.17) is 4.74 Å². The van der Waals surface area contributed by atoms with Gasteiger partial charge in [0, 0.05) is 31.0 Å². The lowest BCUT2D eigenvalue weighted by atomic mass is 10.1.